The smallest absolute Gasteiger partial charge is 0.179 e. The van der Waals surface area contributed by atoms with E-state index in [4.69, 9.17) is 0 Å². The minimum absolute atomic E-state index is 0.104. The Balaban J connectivity index is 2.02. The Kier molecular flexibility index (Phi) is 6.17. The number of benzene rings is 2. The highest BCUT2D eigenvalue weighted by molar-refractivity contribution is 6.00. The fourth-order valence-corrected chi connectivity index (χ4v) is 2.37. The van der Waals surface area contributed by atoms with Crippen molar-refractivity contribution >= 4 is 5.78 Å². The third kappa shape index (κ3) is 4.83. The van der Waals surface area contributed by atoms with Crippen LogP contribution < -0.4 is 5.32 Å². The van der Waals surface area contributed by atoms with E-state index in [1.165, 1.54) is 5.56 Å². The average molecular weight is 281 g/mol. The molecule has 0 aliphatic heterocycles. The molecule has 2 aromatic carbocycles. The van der Waals surface area contributed by atoms with Crippen LogP contribution in [0.1, 0.15) is 42.1 Å². The first kappa shape index (κ1) is 15.5. The number of hydrogen-bond acceptors (Lipinski definition) is 2. The number of carbonyl (C=O) groups excluding carboxylic acids is 1. The van der Waals surface area contributed by atoms with Crippen molar-refractivity contribution in [1.82, 2.24) is 5.32 Å². The van der Waals surface area contributed by atoms with Crippen molar-refractivity contribution < 1.29 is 4.79 Å². The van der Waals surface area contributed by atoms with Gasteiger partial charge >= 0.3 is 0 Å². The van der Waals surface area contributed by atoms with Gasteiger partial charge in [-0.25, -0.2) is 0 Å². The van der Waals surface area contributed by atoms with Crippen molar-refractivity contribution in [3.05, 3.63) is 71.8 Å². The molecular weight excluding hydrogens is 258 g/mol. The number of unbranched alkanes of at least 4 members (excludes halogenated alkanes) is 1. The molecule has 1 atom stereocenters. The maximum Gasteiger partial charge on any atom is 0.179 e. The molecule has 0 fully saturated rings. The third-order valence-electron chi connectivity index (χ3n) is 3.62. The molecule has 2 rings (SSSR count). The Morgan fingerprint density at radius 3 is 2.24 bits per heavy atom. The van der Waals surface area contributed by atoms with Crippen molar-refractivity contribution in [2.24, 2.45) is 0 Å². The van der Waals surface area contributed by atoms with Crippen molar-refractivity contribution in [1.29, 1.82) is 0 Å². The lowest BCUT2D eigenvalue weighted by Crippen LogP contribution is -2.36. The molecule has 2 aromatic rings. The molecule has 0 amide bonds. The lowest BCUT2D eigenvalue weighted by molar-refractivity contribution is 0.0935. The molecule has 0 saturated carbocycles. The van der Waals surface area contributed by atoms with Gasteiger partial charge in [0.25, 0.3) is 0 Å². The molecule has 0 aliphatic rings. The lowest BCUT2D eigenvalue weighted by atomic mass is 9.99. The summed E-state index contributed by atoms with van der Waals surface area (Å²) in [4.78, 5) is 12.6. The van der Waals surface area contributed by atoms with E-state index in [2.05, 4.69) is 24.4 Å². The highest BCUT2D eigenvalue weighted by Gasteiger charge is 2.18. The summed E-state index contributed by atoms with van der Waals surface area (Å²) in [6, 6.07) is 19.7. The number of nitrogens with one attached hydrogen (secondary N) is 1. The molecule has 0 aliphatic carbocycles. The SMILES string of the molecule is CCCC[C@H](NCc1ccccc1)C(=O)c1ccccc1. The minimum atomic E-state index is -0.104. The third-order valence-corrected chi connectivity index (χ3v) is 3.62. The number of hydrogen-bond donors (Lipinski definition) is 1. The number of Topliss-reactive ketones (excluding diaryl/α,β-unsaturated/α-hetero) is 1. The molecule has 2 nitrogen and oxygen atoms in total. The van der Waals surface area contributed by atoms with Crippen molar-refractivity contribution in [3.63, 3.8) is 0 Å². The maximum atomic E-state index is 12.6. The zero-order chi connectivity index (χ0) is 14.9. The van der Waals surface area contributed by atoms with E-state index in [9.17, 15) is 4.79 Å². The Hall–Kier alpha value is -1.93. The van der Waals surface area contributed by atoms with Crippen LogP contribution in [-0.2, 0) is 6.54 Å². The standard InChI is InChI=1S/C19H23NO/c1-2-3-14-18(19(21)17-12-8-5-9-13-17)20-15-16-10-6-4-7-11-16/h4-13,18,20H,2-3,14-15H2,1H3/t18-/m0/s1. The molecule has 0 radical (unpaired) electrons. The van der Waals surface area contributed by atoms with Crippen LogP contribution >= 0.6 is 0 Å². The van der Waals surface area contributed by atoms with Gasteiger partial charge in [-0.1, -0.05) is 80.4 Å². The second-order valence-corrected chi connectivity index (χ2v) is 5.29. The summed E-state index contributed by atoms with van der Waals surface area (Å²) in [5, 5.41) is 3.42. The van der Waals surface area contributed by atoms with E-state index in [0.29, 0.717) is 0 Å². The fourth-order valence-electron chi connectivity index (χ4n) is 2.37. The molecule has 0 saturated heterocycles. The van der Waals surface area contributed by atoms with E-state index < -0.39 is 0 Å². The van der Waals surface area contributed by atoms with Crippen molar-refractivity contribution in [2.75, 3.05) is 0 Å². The molecule has 21 heavy (non-hydrogen) atoms. The summed E-state index contributed by atoms with van der Waals surface area (Å²) in [7, 11) is 0. The van der Waals surface area contributed by atoms with Gasteiger partial charge in [-0.3, -0.25) is 4.79 Å². The molecular formula is C19H23NO. The Labute approximate surface area is 127 Å². The van der Waals surface area contributed by atoms with Crippen molar-refractivity contribution in [3.8, 4) is 0 Å². The first-order valence-corrected chi connectivity index (χ1v) is 7.68. The van der Waals surface area contributed by atoms with Crippen LogP contribution in [0.4, 0.5) is 0 Å². The summed E-state index contributed by atoms with van der Waals surface area (Å²) in [6.45, 7) is 2.88. The summed E-state index contributed by atoms with van der Waals surface area (Å²) >= 11 is 0. The second kappa shape index (κ2) is 8.38. The Morgan fingerprint density at radius 2 is 1.62 bits per heavy atom. The van der Waals surface area contributed by atoms with E-state index in [1.807, 2.05) is 48.5 Å². The van der Waals surface area contributed by atoms with Gasteiger partial charge < -0.3 is 5.32 Å². The van der Waals surface area contributed by atoms with Gasteiger partial charge in [0.05, 0.1) is 6.04 Å². The van der Waals surface area contributed by atoms with Crippen LogP contribution in [0.5, 0.6) is 0 Å². The largest absolute Gasteiger partial charge is 0.303 e. The van der Waals surface area contributed by atoms with E-state index in [0.717, 1.165) is 31.4 Å². The minimum Gasteiger partial charge on any atom is -0.303 e. The van der Waals surface area contributed by atoms with E-state index >= 15 is 0 Å². The highest BCUT2D eigenvalue weighted by Crippen LogP contribution is 2.10. The molecule has 0 aromatic heterocycles. The number of carbonyl (C=O) groups is 1. The van der Waals surface area contributed by atoms with Crippen molar-refractivity contribution in [2.45, 2.75) is 38.8 Å². The molecule has 0 bridgehead atoms. The molecule has 0 spiro atoms. The van der Waals surface area contributed by atoms with Gasteiger partial charge in [-0.05, 0) is 12.0 Å². The van der Waals surface area contributed by atoms with E-state index in [-0.39, 0.29) is 11.8 Å². The summed E-state index contributed by atoms with van der Waals surface area (Å²) in [5.41, 5.74) is 2.00. The molecule has 110 valence electrons. The van der Waals surface area contributed by atoms with Gasteiger partial charge in [0, 0.05) is 12.1 Å². The van der Waals surface area contributed by atoms with E-state index in [1.54, 1.807) is 0 Å². The second-order valence-electron chi connectivity index (χ2n) is 5.29. The highest BCUT2D eigenvalue weighted by atomic mass is 16.1. The lowest BCUT2D eigenvalue weighted by Gasteiger charge is -2.17. The average Bonchev–Trinajstić information content (AvgIpc) is 2.56. The molecule has 1 N–H and O–H groups in total. The van der Waals surface area contributed by atoms with Gasteiger partial charge in [0.1, 0.15) is 0 Å². The maximum absolute atomic E-state index is 12.6. The van der Waals surface area contributed by atoms with Crippen LogP contribution in [0.15, 0.2) is 60.7 Å². The number of ketones is 1. The molecule has 0 heterocycles. The zero-order valence-electron chi connectivity index (χ0n) is 12.6. The van der Waals surface area contributed by atoms with Crippen LogP contribution in [-0.4, -0.2) is 11.8 Å². The first-order chi connectivity index (χ1) is 10.3. The Morgan fingerprint density at radius 1 is 1.00 bits per heavy atom. The molecule has 0 unspecified atom stereocenters. The van der Waals surface area contributed by atoms with Crippen LogP contribution in [0.3, 0.4) is 0 Å². The summed E-state index contributed by atoms with van der Waals surface area (Å²) in [5.74, 6) is 0.194. The normalized spacial score (nSPS) is 12.0. The van der Waals surface area contributed by atoms with Gasteiger partial charge in [-0.2, -0.15) is 0 Å². The van der Waals surface area contributed by atoms with Crippen LogP contribution in [0.25, 0.3) is 0 Å². The van der Waals surface area contributed by atoms with Crippen LogP contribution in [0.2, 0.25) is 0 Å². The van der Waals surface area contributed by atoms with Gasteiger partial charge in [0.2, 0.25) is 0 Å². The van der Waals surface area contributed by atoms with Crippen LogP contribution in [0, 0.1) is 0 Å². The predicted octanol–water partition coefficient (Wildman–Crippen LogP) is 4.22. The summed E-state index contributed by atoms with van der Waals surface area (Å²) in [6.07, 6.45) is 3.05. The topological polar surface area (TPSA) is 29.1 Å². The fraction of sp³-hybridized carbons (Fsp3) is 0.316. The van der Waals surface area contributed by atoms with Gasteiger partial charge in [-0.15, -0.1) is 0 Å². The quantitative estimate of drug-likeness (QED) is 0.734. The monoisotopic (exact) mass is 281 g/mol. The number of rotatable bonds is 8. The predicted molar refractivity (Wildman–Crippen MR) is 87.4 cm³/mol. The first-order valence-electron chi connectivity index (χ1n) is 7.68. The zero-order valence-corrected chi connectivity index (χ0v) is 12.6. The molecule has 2 heteroatoms. The summed E-state index contributed by atoms with van der Waals surface area (Å²) < 4.78 is 0. The Bertz CT molecular complexity index is 536. The van der Waals surface area contributed by atoms with Gasteiger partial charge in [0.15, 0.2) is 5.78 Å².